The number of nitrogens with zero attached hydrogens (tertiary/aromatic N) is 1. The largest absolute Gasteiger partial charge is 0.378 e. The number of rotatable bonds is 4. The van der Waals surface area contributed by atoms with Crippen LogP contribution in [0.3, 0.4) is 0 Å². The molecular weight excluding hydrogens is 284 g/mol. The molecule has 0 bridgehead atoms. The normalized spacial score (nSPS) is 36.6. The van der Waals surface area contributed by atoms with Crippen LogP contribution < -0.4 is 5.32 Å². The molecule has 0 aromatic carbocycles. The summed E-state index contributed by atoms with van der Waals surface area (Å²) in [6, 6.07) is 4.16. The highest BCUT2D eigenvalue weighted by atomic mass is 32.1. The van der Waals surface area contributed by atoms with E-state index in [1.165, 1.54) is 4.88 Å². The van der Waals surface area contributed by atoms with Gasteiger partial charge in [0.05, 0.1) is 11.6 Å². The molecule has 2 aliphatic rings. The standard InChI is InChI=1S/C16H24N2O2S/c1-4-16(3)15(19)18(10-12-7-8-20-11(12)2)14(17-16)13-6-5-9-21-13/h5-6,9,11-12,14,17H,4,7-8,10H2,1-3H3. The van der Waals surface area contributed by atoms with Crippen molar-refractivity contribution in [3.8, 4) is 0 Å². The van der Waals surface area contributed by atoms with Crippen molar-refractivity contribution in [3.63, 3.8) is 0 Å². The van der Waals surface area contributed by atoms with E-state index in [0.717, 1.165) is 26.0 Å². The zero-order valence-electron chi connectivity index (χ0n) is 13.0. The van der Waals surface area contributed by atoms with Gasteiger partial charge in [-0.15, -0.1) is 11.3 Å². The van der Waals surface area contributed by atoms with E-state index in [9.17, 15) is 4.79 Å². The Hall–Kier alpha value is -0.910. The summed E-state index contributed by atoms with van der Waals surface area (Å²) < 4.78 is 5.66. The zero-order chi connectivity index (χ0) is 15.0. The summed E-state index contributed by atoms with van der Waals surface area (Å²) in [5.41, 5.74) is -0.447. The van der Waals surface area contributed by atoms with Crippen LogP contribution in [-0.4, -0.2) is 35.6 Å². The summed E-state index contributed by atoms with van der Waals surface area (Å²) in [4.78, 5) is 16.1. The van der Waals surface area contributed by atoms with E-state index in [4.69, 9.17) is 4.74 Å². The number of thiophene rings is 1. The summed E-state index contributed by atoms with van der Waals surface area (Å²) >= 11 is 1.71. The van der Waals surface area contributed by atoms with Crippen LogP contribution in [0.25, 0.3) is 0 Å². The number of ether oxygens (including phenoxy) is 1. The van der Waals surface area contributed by atoms with Crippen molar-refractivity contribution in [2.24, 2.45) is 5.92 Å². The molecule has 116 valence electrons. The van der Waals surface area contributed by atoms with Gasteiger partial charge in [-0.05, 0) is 38.1 Å². The first kappa shape index (κ1) is 15.0. The van der Waals surface area contributed by atoms with Gasteiger partial charge in [-0.1, -0.05) is 13.0 Å². The van der Waals surface area contributed by atoms with E-state index < -0.39 is 5.54 Å². The van der Waals surface area contributed by atoms with Gasteiger partial charge in [-0.2, -0.15) is 0 Å². The van der Waals surface area contributed by atoms with Crippen molar-refractivity contribution in [1.29, 1.82) is 0 Å². The topological polar surface area (TPSA) is 41.6 Å². The van der Waals surface area contributed by atoms with Gasteiger partial charge in [0.15, 0.2) is 0 Å². The molecule has 3 heterocycles. The first-order valence-electron chi connectivity index (χ1n) is 7.79. The van der Waals surface area contributed by atoms with Crippen LogP contribution in [0, 0.1) is 5.92 Å². The third kappa shape index (κ3) is 2.62. The first-order chi connectivity index (χ1) is 10.0. The Labute approximate surface area is 130 Å². The third-order valence-electron chi connectivity index (χ3n) is 4.98. The summed E-state index contributed by atoms with van der Waals surface area (Å²) in [5.74, 6) is 0.667. The minimum absolute atomic E-state index is 0.00949. The molecule has 3 rings (SSSR count). The molecule has 1 amide bonds. The Morgan fingerprint density at radius 3 is 2.95 bits per heavy atom. The Balaban J connectivity index is 1.84. The molecule has 2 aliphatic heterocycles. The van der Waals surface area contributed by atoms with Crippen molar-refractivity contribution >= 4 is 17.2 Å². The smallest absolute Gasteiger partial charge is 0.244 e. The number of hydrogen-bond acceptors (Lipinski definition) is 4. The fourth-order valence-electron chi connectivity index (χ4n) is 3.26. The molecule has 4 nitrogen and oxygen atoms in total. The molecule has 4 atom stereocenters. The first-order valence-corrected chi connectivity index (χ1v) is 8.67. The number of hydrogen-bond donors (Lipinski definition) is 1. The number of nitrogens with one attached hydrogen (secondary N) is 1. The van der Waals surface area contributed by atoms with Gasteiger partial charge in [-0.3, -0.25) is 10.1 Å². The summed E-state index contributed by atoms with van der Waals surface area (Å²) in [6.45, 7) is 7.80. The maximum Gasteiger partial charge on any atom is 0.244 e. The third-order valence-corrected chi connectivity index (χ3v) is 5.91. The van der Waals surface area contributed by atoms with Crippen LogP contribution in [0.5, 0.6) is 0 Å². The van der Waals surface area contributed by atoms with E-state index in [1.807, 2.05) is 17.9 Å². The van der Waals surface area contributed by atoms with E-state index >= 15 is 0 Å². The fourth-order valence-corrected chi connectivity index (χ4v) is 4.04. The molecular formula is C16H24N2O2S. The monoisotopic (exact) mass is 308 g/mol. The molecule has 1 aromatic rings. The summed E-state index contributed by atoms with van der Waals surface area (Å²) in [6.07, 6.45) is 2.11. The van der Waals surface area contributed by atoms with Crippen molar-refractivity contribution in [1.82, 2.24) is 10.2 Å². The van der Waals surface area contributed by atoms with Gasteiger partial charge >= 0.3 is 0 Å². The lowest BCUT2D eigenvalue weighted by Gasteiger charge is -2.27. The second kappa shape index (κ2) is 5.71. The van der Waals surface area contributed by atoms with Gasteiger partial charge in [0.1, 0.15) is 6.17 Å². The van der Waals surface area contributed by atoms with E-state index in [0.29, 0.717) is 5.92 Å². The predicted octanol–water partition coefficient (Wildman–Crippen LogP) is 2.77. The number of carbonyl (C=O) groups excluding carboxylic acids is 1. The zero-order valence-corrected chi connectivity index (χ0v) is 13.8. The van der Waals surface area contributed by atoms with Crippen molar-refractivity contribution in [2.75, 3.05) is 13.2 Å². The summed E-state index contributed by atoms with van der Waals surface area (Å²) in [5, 5.41) is 5.63. The maximum atomic E-state index is 12.9. The average Bonchev–Trinajstić information content (AvgIpc) is 3.17. The van der Waals surface area contributed by atoms with Gasteiger partial charge in [0.25, 0.3) is 0 Å². The molecule has 0 spiro atoms. The molecule has 21 heavy (non-hydrogen) atoms. The Kier molecular flexibility index (Phi) is 4.08. The lowest BCUT2D eigenvalue weighted by molar-refractivity contribution is -0.133. The van der Waals surface area contributed by atoms with Crippen molar-refractivity contribution < 1.29 is 9.53 Å². The second-order valence-corrected chi connectivity index (χ2v) is 7.31. The molecule has 0 saturated carbocycles. The second-order valence-electron chi connectivity index (χ2n) is 6.33. The highest BCUT2D eigenvalue weighted by molar-refractivity contribution is 7.10. The number of amides is 1. The molecule has 2 fully saturated rings. The minimum atomic E-state index is -0.447. The Bertz CT molecular complexity index is 504. The molecule has 5 heteroatoms. The van der Waals surface area contributed by atoms with Crippen LogP contribution in [-0.2, 0) is 9.53 Å². The van der Waals surface area contributed by atoms with Gasteiger partial charge in [0, 0.05) is 23.9 Å². The predicted molar refractivity (Wildman–Crippen MR) is 84.1 cm³/mol. The van der Waals surface area contributed by atoms with Crippen molar-refractivity contribution in [3.05, 3.63) is 22.4 Å². The van der Waals surface area contributed by atoms with Gasteiger partial charge in [-0.25, -0.2) is 0 Å². The molecule has 0 radical (unpaired) electrons. The van der Waals surface area contributed by atoms with Gasteiger partial charge < -0.3 is 9.64 Å². The SMILES string of the molecule is CCC1(C)NC(c2cccs2)N(CC2CCOC2C)C1=O. The molecule has 2 saturated heterocycles. The van der Waals surface area contributed by atoms with E-state index in [-0.39, 0.29) is 18.2 Å². The van der Waals surface area contributed by atoms with Crippen molar-refractivity contribution in [2.45, 2.75) is 51.4 Å². The Morgan fingerprint density at radius 1 is 1.57 bits per heavy atom. The minimum Gasteiger partial charge on any atom is -0.378 e. The fraction of sp³-hybridized carbons (Fsp3) is 0.688. The Morgan fingerprint density at radius 2 is 2.38 bits per heavy atom. The quantitative estimate of drug-likeness (QED) is 0.930. The van der Waals surface area contributed by atoms with Gasteiger partial charge in [0.2, 0.25) is 5.91 Å². The van der Waals surface area contributed by atoms with Crippen LogP contribution in [0.2, 0.25) is 0 Å². The van der Waals surface area contributed by atoms with E-state index in [1.54, 1.807) is 11.3 Å². The van der Waals surface area contributed by atoms with E-state index in [2.05, 4.69) is 30.6 Å². The van der Waals surface area contributed by atoms with Crippen LogP contribution in [0.4, 0.5) is 0 Å². The number of carbonyl (C=O) groups is 1. The summed E-state index contributed by atoms with van der Waals surface area (Å²) in [7, 11) is 0. The maximum absolute atomic E-state index is 12.9. The lowest BCUT2D eigenvalue weighted by atomic mass is 9.98. The molecule has 1 N–H and O–H groups in total. The highest BCUT2D eigenvalue weighted by Crippen LogP contribution is 2.36. The molecule has 0 aliphatic carbocycles. The lowest BCUT2D eigenvalue weighted by Crippen LogP contribution is -2.43. The van der Waals surface area contributed by atoms with Crippen LogP contribution in [0.1, 0.15) is 44.7 Å². The van der Waals surface area contributed by atoms with Crippen LogP contribution in [0.15, 0.2) is 17.5 Å². The molecule has 1 aromatic heterocycles. The molecule has 4 unspecified atom stereocenters. The average molecular weight is 308 g/mol. The highest BCUT2D eigenvalue weighted by Gasteiger charge is 2.48. The van der Waals surface area contributed by atoms with Crippen LogP contribution >= 0.6 is 11.3 Å².